The highest BCUT2D eigenvalue weighted by Gasteiger charge is 2.34. The van der Waals surface area contributed by atoms with Gasteiger partial charge in [-0.2, -0.15) is 0 Å². The first-order chi connectivity index (χ1) is 14.3. The lowest BCUT2D eigenvalue weighted by Gasteiger charge is -2.17. The predicted octanol–water partition coefficient (Wildman–Crippen LogP) is 4.54. The van der Waals surface area contributed by atoms with E-state index in [9.17, 15) is 9.59 Å². The molecule has 7 heteroatoms. The van der Waals surface area contributed by atoms with Crippen molar-refractivity contribution in [3.05, 3.63) is 69.2 Å². The van der Waals surface area contributed by atoms with Crippen LogP contribution in [0.2, 0.25) is 0 Å². The Bertz CT molecular complexity index is 1140. The molecule has 4 rings (SSSR count). The highest BCUT2D eigenvalue weighted by atomic mass is 32.1. The first kappa shape index (κ1) is 20.2. The number of nitrogens with zero attached hydrogens (tertiary/aromatic N) is 3. The number of aromatic nitrogens is 2. The number of amides is 2. The van der Waals surface area contributed by atoms with Crippen molar-refractivity contribution in [1.29, 1.82) is 0 Å². The minimum atomic E-state index is -0.208. The Morgan fingerprint density at radius 3 is 2.40 bits per heavy atom. The summed E-state index contributed by atoms with van der Waals surface area (Å²) in [6.07, 6.45) is 0.395. The molecule has 6 nitrogen and oxygen atoms in total. The van der Waals surface area contributed by atoms with Gasteiger partial charge in [0.05, 0.1) is 0 Å². The van der Waals surface area contributed by atoms with Gasteiger partial charge < -0.3 is 4.90 Å². The van der Waals surface area contributed by atoms with Crippen LogP contribution in [0.1, 0.15) is 50.0 Å². The molecule has 2 amide bonds. The van der Waals surface area contributed by atoms with Crippen molar-refractivity contribution in [2.45, 2.75) is 40.0 Å². The lowest BCUT2D eigenvalue weighted by Crippen LogP contribution is -2.24. The molecule has 0 radical (unpaired) electrons. The maximum absolute atomic E-state index is 12.6. The van der Waals surface area contributed by atoms with Crippen LogP contribution in [0.3, 0.4) is 0 Å². The minimum absolute atomic E-state index is 0.0242. The second-order valence-corrected chi connectivity index (χ2v) is 8.88. The van der Waals surface area contributed by atoms with Gasteiger partial charge in [-0.05, 0) is 74.2 Å². The van der Waals surface area contributed by atoms with E-state index >= 15 is 0 Å². The van der Waals surface area contributed by atoms with Gasteiger partial charge in [-0.15, -0.1) is 10.2 Å². The Balaban J connectivity index is 1.46. The number of aryl methyl sites for hydroxylation is 4. The van der Waals surface area contributed by atoms with Crippen molar-refractivity contribution in [1.82, 2.24) is 10.2 Å². The second kappa shape index (κ2) is 7.99. The molecule has 1 aromatic heterocycles. The number of hydrogen-bond acceptors (Lipinski definition) is 5. The van der Waals surface area contributed by atoms with Gasteiger partial charge in [-0.25, -0.2) is 0 Å². The average molecular weight is 421 g/mol. The van der Waals surface area contributed by atoms with Crippen LogP contribution in [0.25, 0.3) is 0 Å². The minimum Gasteiger partial charge on any atom is -0.312 e. The molecule has 1 aliphatic heterocycles. The highest BCUT2D eigenvalue weighted by molar-refractivity contribution is 7.15. The van der Waals surface area contributed by atoms with Gasteiger partial charge in [-0.3, -0.25) is 14.9 Å². The van der Waals surface area contributed by atoms with Gasteiger partial charge >= 0.3 is 0 Å². The van der Waals surface area contributed by atoms with E-state index in [0.29, 0.717) is 23.7 Å². The molecular weight excluding hydrogens is 396 g/mol. The molecule has 0 aliphatic carbocycles. The summed E-state index contributed by atoms with van der Waals surface area (Å²) in [7, 11) is 0. The molecule has 1 aliphatic rings. The molecule has 0 saturated carbocycles. The van der Waals surface area contributed by atoms with E-state index in [4.69, 9.17) is 0 Å². The zero-order valence-electron chi connectivity index (χ0n) is 17.5. The fourth-order valence-corrected chi connectivity index (χ4v) is 4.35. The van der Waals surface area contributed by atoms with Crippen LogP contribution in [-0.4, -0.2) is 28.6 Å². The SMILES string of the molecule is Cc1ccc(C(=O)Nc2nnc([C@H]3CC(=O)N(c4ccc(C)c(C)c4)C3)s2)cc1C. The monoisotopic (exact) mass is 420 g/mol. The molecule has 1 fully saturated rings. The van der Waals surface area contributed by atoms with Crippen molar-refractivity contribution >= 4 is 34.0 Å². The molecule has 0 unspecified atom stereocenters. The van der Waals surface area contributed by atoms with E-state index < -0.39 is 0 Å². The summed E-state index contributed by atoms with van der Waals surface area (Å²) in [5.41, 5.74) is 6.08. The van der Waals surface area contributed by atoms with Gasteiger partial charge in [0, 0.05) is 30.1 Å². The smallest absolute Gasteiger partial charge is 0.257 e. The summed E-state index contributed by atoms with van der Waals surface area (Å²) in [5.74, 6) is -0.150. The fourth-order valence-electron chi connectivity index (χ4n) is 3.52. The lowest BCUT2D eigenvalue weighted by atomic mass is 10.1. The first-order valence-electron chi connectivity index (χ1n) is 9.91. The lowest BCUT2D eigenvalue weighted by molar-refractivity contribution is -0.117. The molecule has 2 heterocycles. The molecule has 0 bridgehead atoms. The summed E-state index contributed by atoms with van der Waals surface area (Å²) in [6.45, 7) is 8.67. The predicted molar refractivity (Wildman–Crippen MR) is 119 cm³/mol. The summed E-state index contributed by atoms with van der Waals surface area (Å²) in [5, 5.41) is 12.4. The summed E-state index contributed by atoms with van der Waals surface area (Å²) >= 11 is 1.33. The topological polar surface area (TPSA) is 75.2 Å². The summed E-state index contributed by atoms with van der Waals surface area (Å²) in [4.78, 5) is 26.9. The largest absolute Gasteiger partial charge is 0.312 e. The van der Waals surface area contributed by atoms with Gasteiger partial charge in [0.25, 0.3) is 5.91 Å². The summed E-state index contributed by atoms with van der Waals surface area (Å²) in [6, 6.07) is 11.7. The number of anilines is 2. The maximum Gasteiger partial charge on any atom is 0.257 e. The van der Waals surface area contributed by atoms with Crippen molar-refractivity contribution < 1.29 is 9.59 Å². The van der Waals surface area contributed by atoms with Crippen LogP contribution >= 0.6 is 11.3 Å². The zero-order valence-corrected chi connectivity index (χ0v) is 18.3. The van der Waals surface area contributed by atoms with E-state index in [0.717, 1.165) is 27.4 Å². The van der Waals surface area contributed by atoms with Crippen LogP contribution in [0.15, 0.2) is 36.4 Å². The Kier molecular flexibility index (Phi) is 5.39. The maximum atomic E-state index is 12.6. The Hall–Kier alpha value is -3.06. The van der Waals surface area contributed by atoms with Crippen LogP contribution in [0, 0.1) is 27.7 Å². The number of benzene rings is 2. The third kappa shape index (κ3) is 3.98. The molecule has 1 N–H and O–H groups in total. The van der Waals surface area contributed by atoms with Gasteiger partial charge in [0.1, 0.15) is 5.01 Å². The van der Waals surface area contributed by atoms with Crippen molar-refractivity contribution in [3.8, 4) is 0 Å². The molecule has 30 heavy (non-hydrogen) atoms. The van der Waals surface area contributed by atoms with Gasteiger partial charge in [0.2, 0.25) is 11.0 Å². The average Bonchev–Trinajstić information content (AvgIpc) is 3.32. The third-order valence-corrected chi connectivity index (χ3v) is 6.71. The van der Waals surface area contributed by atoms with Crippen LogP contribution in [-0.2, 0) is 4.79 Å². The van der Waals surface area contributed by atoms with E-state index in [-0.39, 0.29) is 17.7 Å². The van der Waals surface area contributed by atoms with Crippen molar-refractivity contribution in [2.24, 2.45) is 0 Å². The number of carbonyl (C=O) groups excluding carboxylic acids is 2. The number of carbonyl (C=O) groups is 2. The van der Waals surface area contributed by atoms with Crippen LogP contribution in [0.5, 0.6) is 0 Å². The van der Waals surface area contributed by atoms with E-state index in [2.05, 4.69) is 22.4 Å². The summed E-state index contributed by atoms with van der Waals surface area (Å²) < 4.78 is 0. The Morgan fingerprint density at radius 1 is 1.00 bits per heavy atom. The molecule has 154 valence electrons. The molecular formula is C23H24N4O2S. The highest BCUT2D eigenvalue weighted by Crippen LogP contribution is 2.34. The van der Waals surface area contributed by atoms with Crippen LogP contribution in [0.4, 0.5) is 10.8 Å². The first-order valence-corrected chi connectivity index (χ1v) is 10.7. The normalized spacial score (nSPS) is 16.2. The fraction of sp³-hybridized carbons (Fsp3) is 0.304. The number of nitrogens with one attached hydrogen (secondary N) is 1. The molecule has 0 spiro atoms. The third-order valence-electron chi connectivity index (χ3n) is 5.71. The Morgan fingerprint density at radius 2 is 1.70 bits per heavy atom. The number of rotatable bonds is 4. The molecule has 1 saturated heterocycles. The van der Waals surface area contributed by atoms with Gasteiger partial charge in [0.15, 0.2) is 0 Å². The molecule has 3 aromatic rings. The zero-order chi connectivity index (χ0) is 21.4. The quantitative estimate of drug-likeness (QED) is 0.672. The van der Waals surface area contributed by atoms with E-state index in [1.165, 1.54) is 16.9 Å². The second-order valence-electron chi connectivity index (χ2n) is 7.87. The molecule has 1 atom stereocenters. The molecule has 2 aromatic carbocycles. The van der Waals surface area contributed by atoms with Crippen molar-refractivity contribution in [2.75, 3.05) is 16.8 Å². The Labute approximate surface area is 180 Å². The van der Waals surface area contributed by atoms with Gasteiger partial charge in [-0.1, -0.05) is 23.5 Å². The van der Waals surface area contributed by atoms with Crippen LogP contribution < -0.4 is 10.2 Å². The van der Waals surface area contributed by atoms with E-state index in [1.54, 1.807) is 6.07 Å². The van der Waals surface area contributed by atoms with Crippen molar-refractivity contribution in [3.63, 3.8) is 0 Å². The standard InChI is InChI=1S/C23H24N4O2S/c1-13-5-7-17(9-15(13)3)21(29)24-23-26-25-22(30-23)18-11-20(28)27(12-18)19-8-6-14(2)16(4)10-19/h5-10,18H,11-12H2,1-4H3,(H,24,26,29)/t18-/m0/s1. The number of hydrogen-bond donors (Lipinski definition) is 1. The van der Waals surface area contributed by atoms with E-state index in [1.807, 2.05) is 56.0 Å².